The van der Waals surface area contributed by atoms with Gasteiger partial charge in [0.15, 0.2) is 0 Å². The maximum absolute atomic E-state index is 6.44. The Morgan fingerprint density at radius 3 is 2.76 bits per heavy atom. The quantitative estimate of drug-likeness (QED) is 0.776. The zero-order valence-corrected chi connectivity index (χ0v) is 12.3. The summed E-state index contributed by atoms with van der Waals surface area (Å²) in [6, 6.07) is 16.9. The van der Waals surface area contributed by atoms with Crippen LogP contribution in [-0.4, -0.2) is 4.98 Å². The number of hydrogen-bond donors (Lipinski definition) is 1. The topological polar surface area (TPSA) is 38.9 Å². The lowest BCUT2D eigenvalue weighted by Crippen LogP contribution is -2.12. The van der Waals surface area contributed by atoms with E-state index in [-0.39, 0.29) is 6.04 Å². The van der Waals surface area contributed by atoms with Crippen molar-refractivity contribution >= 4 is 10.8 Å². The molecule has 1 atom stereocenters. The molecule has 3 rings (SSSR count). The minimum absolute atomic E-state index is 0.0516. The predicted octanol–water partition coefficient (Wildman–Crippen LogP) is 4.18. The van der Waals surface area contributed by atoms with Gasteiger partial charge in [0, 0.05) is 23.8 Å². The van der Waals surface area contributed by atoms with Gasteiger partial charge in [0.05, 0.1) is 0 Å². The van der Waals surface area contributed by atoms with Crippen molar-refractivity contribution in [2.75, 3.05) is 0 Å². The van der Waals surface area contributed by atoms with E-state index < -0.39 is 0 Å². The summed E-state index contributed by atoms with van der Waals surface area (Å²) < 4.78 is 0. The molecule has 106 valence electrons. The van der Waals surface area contributed by atoms with Crippen LogP contribution in [0.1, 0.15) is 29.2 Å². The Balaban J connectivity index is 1.81. The minimum atomic E-state index is 0.0516. The summed E-state index contributed by atoms with van der Waals surface area (Å²) in [6.45, 7) is 2.16. The SMILES string of the molecule is Cc1ccccc1CCC(N)c1cccc2cnccc12. The summed E-state index contributed by atoms with van der Waals surface area (Å²) in [6.07, 6.45) is 5.69. The Morgan fingerprint density at radius 1 is 1.05 bits per heavy atom. The molecule has 0 aliphatic carbocycles. The minimum Gasteiger partial charge on any atom is -0.324 e. The zero-order chi connectivity index (χ0) is 14.7. The standard InChI is InChI=1S/C19H20N2/c1-14-5-2-3-6-15(14)9-10-19(20)18-8-4-7-16-13-21-12-11-17(16)18/h2-8,11-13,19H,9-10,20H2,1H3. The van der Waals surface area contributed by atoms with E-state index in [4.69, 9.17) is 5.73 Å². The van der Waals surface area contributed by atoms with Crippen molar-refractivity contribution in [3.63, 3.8) is 0 Å². The molecular formula is C19H20N2. The Bertz CT molecular complexity index is 744. The molecule has 0 bridgehead atoms. The van der Waals surface area contributed by atoms with Crippen LogP contribution in [0.5, 0.6) is 0 Å². The number of aromatic nitrogens is 1. The lowest BCUT2D eigenvalue weighted by Gasteiger charge is -2.15. The van der Waals surface area contributed by atoms with E-state index >= 15 is 0 Å². The lowest BCUT2D eigenvalue weighted by atomic mass is 9.94. The van der Waals surface area contributed by atoms with Gasteiger partial charge < -0.3 is 5.73 Å². The summed E-state index contributed by atoms with van der Waals surface area (Å²) in [5.41, 5.74) is 10.4. The monoisotopic (exact) mass is 276 g/mol. The molecular weight excluding hydrogens is 256 g/mol. The van der Waals surface area contributed by atoms with Gasteiger partial charge in [0.1, 0.15) is 0 Å². The molecule has 1 heterocycles. The van der Waals surface area contributed by atoms with E-state index in [0.717, 1.165) is 18.2 Å². The largest absolute Gasteiger partial charge is 0.324 e. The van der Waals surface area contributed by atoms with Crippen molar-refractivity contribution in [2.24, 2.45) is 5.73 Å². The van der Waals surface area contributed by atoms with Crippen LogP contribution in [0.25, 0.3) is 10.8 Å². The molecule has 2 heteroatoms. The first-order chi connectivity index (χ1) is 10.3. The average molecular weight is 276 g/mol. The summed E-state index contributed by atoms with van der Waals surface area (Å²) in [7, 11) is 0. The maximum atomic E-state index is 6.44. The molecule has 1 unspecified atom stereocenters. The number of aryl methyl sites for hydroxylation is 2. The lowest BCUT2D eigenvalue weighted by molar-refractivity contribution is 0.654. The van der Waals surface area contributed by atoms with Crippen LogP contribution in [0.3, 0.4) is 0 Å². The molecule has 0 aliphatic rings. The van der Waals surface area contributed by atoms with Crippen LogP contribution in [0.4, 0.5) is 0 Å². The van der Waals surface area contributed by atoms with Crippen molar-refractivity contribution in [3.8, 4) is 0 Å². The van der Waals surface area contributed by atoms with E-state index in [2.05, 4.69) is 60.4 Å². The predicted molar refractivity (Wildman–Crippen MR) is 88.2 cm³/mol. The Kier molecular flexibility index (Phi) is 3.98. The van der Waals surface area contributed by atoms with Crippen molar-refractivity contribution in [2.45, 2.75) is 25.8 Å². The summed E-state index contributed by atoms with van der Waals surface area (Å²) in [5, 5.41) is 2.37. The highest BCUT2D eigenvalue weighted by atomic mass is 14.6. The fourth-order valence-electron chi connectivity index (χ4n) is 2.83. The Hall–Kier alpha value is -2.19. The van der Waals surface area contributed by atoms with Crippen LogP contribution in [-0.2, 0) is 6.42 Å². The molecule has 0 fully saturated rings. The van der Waals surface area contributed by atoms with Gasteiger partial charge in [0.2, 0.25) is 0 Å². The molecule has 0 saturated carbocycles. The fourth-order valence-corrected chi connectivity index (χ4v) is 2.83. The Morgan fingerprint density at radius 2 is 1.90 bits per heavy atom. The molecule has 0 spiro atoms. The molecule has 1 aromatic heterocycles. The highest BCUT2D eigenvalue weighted by Crippen LogP contribution is 2.25. The van der Waals surface area contributed by atoms with Gasteiger partial charge in [-0.25, -0.2) is 0 Å². The zero-order valence-electron chi connectivity index (χ0n) is 12.3. The van der Waals surface area contributed by atoms with Gasteiger partial charge in [-0.3, -0.25) is 4.98 Å². The van der Waals surface area contributed by atoms with Gasteiger partial charge in [-0.2, -0.15) is 0 Å². The normalized spacial score (nSPS) is 12.5. The first kappa shape index (κ1) is 13.8. The number of hydrogen-bond acceptors (Lipinski definition) is 2. The third-order valence-electron chi connectivity index (χ3n) is 4.10. The molecule has 2 aromatic carbocycles. The van der Waals surface area contributed by atoms with Gasteiger partial charge in [-0.05, 0) is 47.9 Å². The van der Waals surface area contributed by atoms with Crippen LogP contribution < -0.4 is 5.73 Å². The smallest absolute Gasteiger partial charge is 0.0346 e. The van der Waals surface area contributed by atoms with E-state index in [9.17, 15) is 0 Å². The third kappa shape index (κ3) is 2.96. The number of nitrogens with two attached hydrogens (primary N) is 1. The van der Waals surface area contributed by atoms with E-state index in [1.165, 1.54) is 22.1 Å². The highest BCUT2D eigenvalue weighted by Gasteiger charge is 2.10. The average Bonchev–Trinajstić information content (AvgIpc) is 2.53. The number of rotatable bonds is 4. The van der Waals surface area contributed by atoms with Crippen molar-refractivity contribution in [1.82, 2.24) is 4.98 Å². The second-order valence-electron chi connectivity index (χ2n) is 5.52. The Labute approximate surface area is 125 Å². The molecule has 0 amide bonds. The number of fused-ring (bicyclic) bond motifs is 1. The highest BCUT2D eigenvalue weighted by molar-refractivity contribution is 5.85. The fraction of sp³-hybridized carbons (Fsp3) is 0.211. The summed E-state index contributed by atoms with van der Waals surface area (Å²) >= 11 is 0. The van der Waals surface area contributed by atoms with Crippen molar-refractivity contribution < 1.29 is 0 Å². The van der Waals surface area contributed by atoms with Crippen LogP contribution in [0.15, 0.2) is 60.9 Å². The second kappa shape index (κ2) is 6.06. The van der Waals surface area contributed by atoms with Gasteiger partial charge in [-0.15, -0.1) is 0 Å². The van der Waals surface area contributed by atoms with E-state index in [1.807, 2.05) is 12.4 Å². The van der Waals surface area contributed by atoms with Crippen LogP contribution >= 0.6 is 0 Å². The van der Waals surface area contributed by atoms with E-state index in [0.29, 0.717) is 0 Å². The van der Waals surface area contributed by atoms with Gasteiger partial charge >= 0.3 is 0 Å². The van der Waals surface area contributed by atoms with E-state index in [1.54, 1.807) is 0 Å². The van der Waals surface area contributed by atoms with Crippen molar-refractivity contribution in [1.29, 1.82) is 0 Å². The number of nitrogens with zero attached hydrogens (tertiary/aromatic N) is 1. The van der Waals surface area contributed by atoms with Crippen LogP contribution in [0.2, 0.25) is 0 Å². The number of pyridine rings is 1. The van der Waals surface area contributed by atoms with Gasteiger partial charge in [0.25, 0.3) is 0 Å². The van der Waals surface area contributed by atoms with Crippen LogP contribution in [0, 0.1) is 6.92 Å². The first-order valence-corrected chi connectivity index (χ1v) is 7.38. The summed E-state index contributed by atoms with van der Waals surface area (Å²) in [5.74, 6) is 0. The second-order valence-corrected chi connectivity index (χ2v) is 5.52. The van der Waals surface area contributed by atoms with Crippen molar-refractivity contribution in [3.05, 3.63) is 77.6 Å². The third-order valence-corrected chi connectivity index (χ3v) is 4.10. The maximum Gasteiger partial charge on any atom is 0.0346 e. The molecule has 2 nitrogen and oxygen atoms in total. The molecule has 0 aliphatic heterocycles. The van der Waals surface area contributed by atoms with Gasteiger partial charge in [-0.1, -0.05) is 42.5 Å². The summed E-state index contributed by atoms with van der Waals surface area (Å²) in [4.78, 5) is 4.18. The molecule has 21 heavy (non-hydrogen) atoms. The molecule has 0 saturated heterocycles. The molecule has 0 radical (unpaired) electrons. The molecule has 3 aromatic rings. The number of benzene rings is 2. The first-order valence-electron chi connectivity index (χ1n) is 7.38. The molecule has 2 N–H and O–H groups in total.